The molecule has 0 radical (unpaired) electrons. The number of anilines is 1. The van der Waals surface area contributed by atoms with Crippen LogP contribution in [0, 0.1) is 0 Å². The molecule has 3 N–H and O–H groups in total. The number of nitrogens with one attached hydrogen (secondary N) is 1. The summed E-state index contributed by atoms with van der Waals surface area (Å²) in [6.45, 7) is -0.0414. The molecule has 0 atom stereocenters. The van der Waals surface area contributed by atoms with E-state index in [2.05, 4.69) is 10.3 Å². The SMILES string of the molecule is O=C(O)c1ccc(Cl)nc1NC1(CO)CCCC1. The summed E-state index contributed by atoms with van der Waals surface area (Å²) in [6, 6.07) is 2.86. The number of nitrogens with zero attached hydrogens (tertiary/aromatic N) is 1. The van der Waals surface area contributed by atoms with Crippen LogP contribution in [0.4, 0.5) is 5.82 Å². The maximum Gasteiger partial charge on any atom is 0.339 e. The van der Waals surface area contributed by atoms with Crippen LogP contribution in [-0.4, -0.2) is 33.3 Å². The summed E-state index contributed by atoms with van der Waals surface area (Å²) in [4.78, 5) is 15.1. The second-order valence-corrected chi connectivity index (χ2v) is 4.99. The molecule has 2 rings (SSSR count). The number of hydrogen-bond acceptors (Lipinski definition) is 4. The van der Waals surface area contributed by atoms with Gasteiger partial charge in [0, 0.05) is 0 Å². The summed E-state index contributed by atoms with van der Waals surface area (Å²) in [6.07, 6.45) is 3.63. The van der Waals surface area contributed by atoms with Gasteiger partial charge in [-0.05, 0) is 25.0 Å². The summed E-state index contributed by atoms with van der Waals surface area (Å²) in [5.74, 6) is -0.835. The van der Waals surface area contributed by atoms with Crippen molar-refractivity contribution in [3.05, 3.63) is 22.8 Å². The second kappa shape index (κ2) is 5.12. The topological polar surface area (TPSA) is 82.5 Å². The van der Waals surface area contributed by atoms with Crippen LogP contribution in [0.2, 0.25) is 5.15 Å². The van der Waals surface area contributed by atoms with E-state index in [9.17, 15) is 9.90 Å². The van der Waals surface area contributed by atoms with Gasteiger partial charge in [-0.25, -0.2) is 9.78 Å². The number of carboxylic acid groups (broad SMARTS) is 1. The van der Waals surface area contributed by atoms with E-state index in [0.717, 1.165) is 25.7 Å². The monoisotopic (exact) mass is 270 g/mol. The number of aliphatic hydroxyl groups is 1. The van der Waals surface area contributed by atoms with Gasteiger partial charge in [-0.3, -0.25) is 0 Å². The zero-order valence-electron chi connectivity index (χ0n) is 9.82. The lowest BCUT2D eigenvalue weighted by Crippen LogP contribution is -2.39. The predicted molar refractivity (Wildman–Crippen MR) is 68.1 cm³/mol. The third-order valence-electron chi connectivity index (χ3n) is 3.34. The molecule has 0 saturated heterocycles. The van der Waals surface area contributed by atoms with E-state index in [1.54, 1.807) is 0 Å². The van der Waals surface area contributed by atoms with Gasteiger partial charge in [0.15, 0.2) is 0 Å². The number of aromatic nitrogens is 1. The van der Waals surface area contributed by atoms with Crippen molar-refractivity contribution in [2.45, 2.75) is 31.2 Å². The average Bonchev–Trinajstić information content (AvgIpc) is 2.78. The lowest BCUT2D eigenvalue weighted by atomic mass is 9.98. The highest BCUT2D eigenvalue weighted by molar-refractivity contribution is 6.29. The smallest absolute Gasteiger partial charge is 0.339 e. The Bertz CT molecular complexity index is 459. The first-order chi connectivity index (χ1) is 8.56. The minimum atomic E-state index is -1.06. The molecule has 0 amide bonds. The third kappa shape index (κ3) is 2.57. The standard InChI is InChI=1S/C12H15ClN2O3/c13-9-4-3-8(11(17)18)10(14-9)15-12(7-16)5-1-2-6-12/h3-4,16H,1-2,5-7H2,(H,14,15)(H,17,18). The van der Waals surface area contributed by atoms with Crippen LogP contribution in [-0.2, 0) is 0 Å². The lowest BCUT2D eigenvalue weighted by molar-refractivity contribution is 0.0697. The normalized spacial score (nSPS) is 17.7. The number of rotatable bonds is 4. The first-order valence-electron chi connectivity index (χ1n) is 5.85. The van der Waals surface area contributed by atoms with Crippen molar-refractivity contribution < 1.29 is 15.0 Å². The Morgan fingerprint density at radius 1 is 1.44 bits per heavy atom. The Hall–Kier alpha value is -1.33. The third-order valence-corrected chi connectivity index (χ3v) is 3.55. The van der Waals surface area contributed by atoms with Crippen LogP contribution in [0.5, 0.6) is 0 Å². The molecule has 1 aliphatic carbocycles. The molecule has 0 aliphatic heterocycles. The first-order valence-corrected chi connectivity index (χ1v) is 6.23. The number of hydrogen-bond donors (Lipinski definition) is 3. The summed E-state index contributed by atoms with van der Waals surface area (Å²) in [5, 5.41) is 21.9. The van der Waals surface area contributed by atoms with E-state index in [1.807, 2.05) is 0 Å². The molecular formula is C12H15ClN2O3. The predicted octanol–water partition coefficient (Wildman–Crippen LogP) is 2.15. The maximum absolute atomic E-state index is 11.1. The minimum Gasteiger partial charge on any atom is -0.478 e. The van der Waals surface area contributed by atoms with Crippen molar-refractivity contribution in [1.82, 2.24) is 4.98 Å². The molecule has 0 bridgehead atoms. The Morgan fingerprint density at radius 2 is 2.11 bits per heavy atom. The average molecular weight is 271 g/mol. The van der Waals surface area contributed by atoms with Crippen LogP contribution in [0.3, 0.4) is 0 Å². The van der Waals surface area contributed by atoms with Gasteiger partial charge in [-0.15, -0.1) is 0 Å². The van der Waals surface area contributed by atoms with Crippen molar-refractivity contribution in [2.24, 2.45) is 0 Å². The van der Waals surface area contributed by atoms with Crippen LogP contribution in [0.25, 0.3) is 0 Å². The molecule has 0 unspecified atom stereocenters. The molecule has 0 aromatic carbocycles. The Balaban J connectivity index is 2.32. The van der Waals surface area contributed by atoms with Gasteiger partial charge in [0.05, 0.1) is 12.1 Å². The molecule has 0 spiro atoms. The zero-order chi connectivity index (χ0) is 13.2. The van der Waals surface area contributed by atoms with E-state index in [4.69, 9.17) is 16.7 Å². The number of aliphatic hydroxyl groups excluding tert-OH is 1. The van der Waals surface area contributed by atoms with E-state index >= 15 is 0 Å². The molecule has 1 fully saturated rings. The molecule has 1 saturated carbocycles. The minimum absolute atomic E-state index is 0.0414. The van der Waals surface area contributed by atoms with Gasteiger partial charge in [0.2, 0.25) is 0 Å². The largest absolute Gasteiger partial charge is 0.478 e. The molecule has 1 aliphatic rings. The van der Waals surface area contributed by atoms with Crippen molar-refractivity contribution >= 4 is 23.4 Å². The van der Waals surface area contributed by atoms with Crippen molar-refractivity contribution in [3.8, 4) is 0 Å². The second-order valence-electron chi connectivity index (χ2n) is 4.61. The van der Waals surface area contributed by atoms with E-state index in [-0.39, 0.29) is 23.1 Å². The zero-order valence-corrected chi connectivity index (χ0v) is 10.6. The summed E-state index contributed by atoms with van der Waals surface area (Å²) < 4.78 is 0. The number of pyridine rings is 1. The summed E-state index contributed by atoms with van der Waals surface area (Å²) >= 11 is 5.79. The molecule has 1 aromatic heterocycles. The Morgan fingerprint density at radius 3 is 2.67 bits per heavy atom. The van der Waals surface area contributed by atoms with Gasteiger partial charge < -0.3 is 15.5 Å². The van der Waals surface area contributed by atoms with Crippen molar-refractivity contribution in [2.75, 3.05) is 11.9 Å². The highest BCUT2D eigenvalue weighted by Gasteiger charge is 2.34. The molecule has 5 nitrogen and oxygen atoms in total. The Labute approximate surface area is 110 Å². The van der Waals surface area contributed by atoms with Crippen molar-refractivity contribution in [3.63, 3.8) is 0 Å². The molecule has 18 heavy (non-hydrogen) atoms. The Kier molecular flexibility index (Phi) is 3.73. The number of carboxylic acids is 1. The molecule has 1 heterocycles. The highest BCUT2D eigenvalue weighted by Crippen LogP contribution is 2.33. The fourth-order valence-electron chi connectivity index (χ4n) is 2.33. The highest BCUT2D eigenvalue weighted by atomic mass is 35.5. The van der Waals surface area contributed by atoms with Crippen LogP contribution in [0.15, 0.2) is 12.1 Å². The van der Waals surface area contributed by atoms with Crippen LogP contribution >= 0.6 is 11.6 Å². The lowest BCUT2D eigenvalue weighted by Gasteiger charge is -2.29. The van der Waals surface area contributed by atoms with Gasteiger partial charge >= 0.3 is 5.97 Å². The van der Waals surface area contributed by atoms with Gasteiger partial charge in [-0.2, -0.15) is 0 Å². The van der Waals surface area contributed by atoms with Gasteiger partial charge in [0.25, 0.3) is 0 Å². The van der Waals surface area contributed by atoms with Crippen LogP contribution in [0.1, 0.15) is 36.0 Å². The van der Waals surface area contributed by atoms with Crippen LogP contribution < -0.4 is 5.32 Å². The fraction of sp³-hybridized carbons (Fsp3) is 0.500. The molecule has 98 valence electrons. The van der Waals surface area contributed by atoms with Gasteiger partial charge in [0.1, 0.15) is 16.5 Å². The maximum atomic E-state index is 11.1. The van der Waals surface area contributed by atoms with E-state index < -0.39 is 11.5 Å². The number of carbonyl (C=O) groups is 1. The molecule has 1 aromatic rings. The van der Waals surface area contributed by atoms with E-state index in [1.165, 1.54) is 12.1 Å². The van der Waals surface area contributed by atoms with E-state index in [0.29, 0.717) is 0 Å². The first kappa shape index (κ1) is 13.1. The summed E-state index contributed by atoms with van der Waals surface area (Å²) in [5.41, 5.74) is -0.402. The molecule has 6 heteroatoms. The van der Waals surface area contributed by atoms with Gasteiger partial charge in [-0.1, -0.05) is 24.4 Å². The summed E-state index contributed by atoms with van der Waals surface area (Å²) in [7, 11) is 0. The fourth-order valence-corrected chi connectivity index (χ4v) is 2.48. The van der Waals surface area contributed by atoms with Crippen molar-refractivity contribution in [1.29, 1.82) is 0 Å². The number of aromatic carboxylic acids is 1. The quantitative estimate of drug-likeness (QED) is 0.730. The number of halogens is 1. The molecular weight excluding hydrogens is 256 g/mol.